The molecule has 0 aliphatic carbocycles. The zero-order chi connectivity index (χ0) is 29.4. The Morgan fingerprint density at radius 1 is 0.976 bits per heavy atom. The van der Waals surface area contributed by atoms with E-state index in [2.05, 4.69) is 9.97 Å². The van der Waals surface area contributed by atoms with Crippen molar-refractivity contribution in [1.29, 1.82) is 0 Å². The Labute approximate surface area is 244 Å². The molecule has 1 atom stereocenters. The number of aliphatic hydroxyl groups is 1. The monoisotopic (exact) mass is 577 g/mol. The number of Topliss-reactive ketones (excluding diaryl/α,β-unsaturated/α-hetero) is 1. The van der Waals surface area contributed by atoms with Gasteiger partial charge in [0, 0.05) is 18.0 Å². The average Bonchev–Trinajstić information content (AvgIpc) is 3.54. The van der Waals surface area contributed by atoms with E-state index >= 15 is 0 Å². The van der Waals surface area contributed by atoms with Crippen molar-refractivity contribution in [2.75, 3.05) is 4.90 Å². The van der Waals surface area contributed by atoms with Crippen LogP contribution in [-0.2, 0) is 16.2 Å². The Balaban J connectivity index is 1.41. The summed E-state index contributed by atoms with van der Waals surface area (Å²) in [6.07, 6.45) is 3.09. The molecule has 1 amide bonds. The number of fused-ring (bicyclic) bond motifs is 1. The molecule has 2 N–H and O–H groups in total. The number of aryl methyl sites for hydroxylation is 1. The van der Waals surface area contributed by atoms with Crippen LogP contribution in [0, 0.1) is 6.92 Å². The van der Waals surface area contributed by atoms with Gasteiger partial charge in [0.1, 0.15) is 18.1 Å². The number of aliphatic hydroxyl groups excluding tert-OH is 1. The molecule has 6 rings (SSSR count). The Morgan fingerprint density at radius 3 is 2.48 bits per heavy atom. The van der Waals surface area contributed by atoms with Gasteiger partial charge in [-0.1, -0.05) is 47.7 Å². The number of hydrogen-bond acceptors (Lipinski definition) is 8. The van der Waals surface area contributed by atoms with E-state index in [0.29, 0.717) is 33.7 Å². The normalized spacial score (nSPS) is 16.2. The van der Waals surface area contributed by atoms with Crippen LogP contribution in [0.2, 0.25) is 0 Å². The number of nitrogens with zero attached hydrogens (tertiary/aromatic N) is 3. The van der Waals surface area contributed by atoms with Gasteiger partial charge in [-0.15, -0.1) is 0 Å². The SMILES string of the molecule is Cc1cc(/C(O)=C2\C(=O)C(=O)N(c3nc4ccc(C(=O)O)cc4s3)C2c2cccnc2)ccc1OCc1ccccc1. The van der Waals surface area contributed by atoms with Gasteiger partial charge in [0.05, 0.1) is 27.4 Å². The number of rotatable bonds is 7. The second-order valence-corrected chi connectivity index (χ2v) is 10.7. The van der Waals surface area contributed by atoms with Crippen LogP contribution in [0.5, 0.6) is 5.75 Å². The molecule has 1 aliphatic rings. The fourth-order valence-corrected chi connectivity index (χ4v) is 5.91. The van der Waals surface area contributed by atoms with Crippen LogP contribution < -0.4 is 9.64 Å². The molecule has 3 aromatic carbocycles. The molecule has 2 aromatic heterocycles. The summed E-state index contributed by atoms with van der Waals surface area (Å²) in [6, 6.07) is 21.6. The lowest BCUT2D eigenvalue weighted by Gasteiger charge is -2.22. The predicted octanol–water partition coefficient (Wildman–Crippen LogP) is 5.90. The molecule has 0 bridgehead atoms. The first-order valence-corrected chi connectivity index (χ1v) is 13.8. The third-order valence-electron chi connectivity index (χ3n) is 6.96. The number of carbonyl (C=O) groups excluding carboxylic acids is 2. The maximum Gasteiger partial charge on any atom is 0.335 e. The van der Waals surface area contributed by atoms with Gasteiger partial charge in [0.25, 0.3) is 5.78 Å². The Kier molecular flexibility index (Phi) is 6.97. The number of ether oxygens (including phenoxy) is 1. The average molecular weight is 578 g/mol. The van der Waals surface area contributed by atoms with Crippen molar-refractivity contribution in [2.24, 2.45) is 0 Å². The van der Waals surface area contributed by atoms with Crippen LogP contribution in [0.25, 0.3) is 16.0 Å². The van der Waals surface area contributed by atoms with Gasteiger partial charge in [-0.3, -0.25) is 19.5 Å². The minimum Gasteiger partial charge on any atom is -0.507 e. The van der Waals surface area contributed by atoms with Crippen molar-refractivity contribution < 1.29 is 29.3 Å². The molecule has 0 saturated carbocycles. The number of carbonyl (C=O) groups is 3. The number of anilines is 1. The number of ketones is 1. The number of aromatic nitrogens is 2. The van der Waals surface area contributed by atoms with Gasteiger partial charge in [-0.2, -0.15) is 0 Å². The van der Waals surface area contributed by atoms with Gasteiger partial charge in [-0.05, 0) is 66.1 Å². The topological polar surface area (TPSA) is 130 Å². The van der Waals surface area contributed by atoms with Crippen LogP contribution in [0.4, 0.5) is 5.13 Å². The highest BCUT2D eigenvalue weighted by Crippen LogP contribution is 2.44. The van der Waals surface area contributed by atoms with E-state index in [9.17, 15) is 24.6 Å². The summed E-state index contributed by atoms with van der Waals surface area (Å²) in [5.41, 5.74) is 3.06. The van der Waals surface area contributed by atoms with Crippen molar-refractivity contribution in [3.8, 4) is 5.75 Å². The van der Waals surface area contributed by atoms with Crippen molar-refractivity contribution in [1.82, 2.24) is 9.97 Å². The zero-order valence-corrected chi connectivity index (χ0v) is 23.0. The fraction of sp³-hybridized carbons (Fsp3) is 0.0938. The van der Waals surface area contributed by atoms with Gasteiger partial charge in [-0.25, -0.2) is 9.78 Å². The van der Waals surface area contributed by atoms with E-state index in [1.54, 1.807) is 42.6 Å². The summed E-state index contributed by atoms with van der Waals surface area (Å²) in [5, 5.41) is 21.1. The first-order chi connectivity index (χ1) is 20.3. The Morgan fingerprint density at radius 2 is 1.76 bits per heavy atom. The van der Waals surface area contributed by atoms with Gasteiger partial charge < -0.3 is 14.9 Å². The molecule has 10 heteroatoms. The highest BCUT2D eigenvalue weighted by Gasteiger charge is 2.48. The standard InChI is InChI=1S/C32H23N3O6S/c1-18-14-20(10-12-24(18)41-17-19-6-3-2-4-7-19)28(36)26-27(22-8-5-13-33-16-22)35(30(38)29(26)37)32-34-23-11-9-21(31(39)40)15-25(23)42-32/h2-16,27,36H,17H2,1H3,(H,39,40)/b28-26+. The first kappa shape index (κ1) is 26.9. The lowest BCUT2D eigenvalue weighted by molar-refractivity contribution is -0.132. The minimum absolute atomic E-state index is 0.0788. The van der Waals surface area contributed by atoms with Crippen molar-refractivity contribution in [3.05, 3.63) is 125 Å². The summed E-state index contributed by atoms with van der Waals surface area (Å²) in [6.45, 7) is 2.20. The number of hydrogen-bond donors (Lipinski definition) is 2. The third kappa shape index (κ3) is 4.88. The zero-order valence-electron chi connectivity index (χ0n) is 22.2. The molecule has 9 nitrogen and oxygen atoms in total. The molecule has 42 heavy (non-hydrogen) atoms. The number of benzene rings is 3. The maximum absolute atomic E-state index is 13.5. The fourth-order valence-electron chi connectivity index (χ4n) is 4.88. The third-order valence-corrected chi connectivity index (χ3v) is 7.98. The van der Waals surface area contributed by atoms with Crippen LogP contribution in [0.15, 0.2) is 96.8 Å². The molecular weight excluding hydrogens is 554 g/mol. The number of carboxylic acid groups (broad SMARTS) is 1. The molecule has 3 heterocycles. The van der Waals surface area contributed by atoms with Crippen LogP contribution in [0.3, 0.4) is 0 Å². The number of thiazole rings is 1. The number of carboxylic acids is 1. The predicted molar refractivity (Wildman–Crippen MR) is 158 cm³/mol. The van der Waals surface area contributed by atoms with E-state index in [-0.39, 0.29) is 22.0 Å². The molecule has 1 fully saturated rings. The minimum atomic E-state index is -1.09. The van der Waals surface area contributed by atoms with E-state index in [1.807, 2.05) is 37.3 Å². The van der Waals surface area contributed by atoms with Crippen molar-refractivity contribution >= 4 is 50.1 Å². The lowest BCUT2D eigenvalue weighted by atomic mass is 9.96. The van der Waals surface area contributed by atoms with E-state index in [1.165, 1.54) is 23.2 Å². The Hall–Kier alpha value is -5.35. The van der Waals surface area contributed by atoms with E-state index in [0.717, 1.165) is 22.5 Å². The maximum atomic E-state index is 13.5. The molecule has 5 aromatic rings. The summed E-state index contributed by atoms with van der Waals surface area (Å²) >= 11 is 1.09. The molecular formula is C32H23N3O6S. The van der Waals surface area contributed by atoms with Gasteiger partial charge in [0.15, 0.2) is 5.13 Å². The first-order valence-electron chi connectivity index (χ1n) is 12.9. The largest absolute Gasteiger partial charge is 0.507 e. The highest BCUT2D eigenvalue weighted by atomic mass is 32.1. The highest BCUT2D eigenvalue weighted by molar-refractivity contribution is 7.22. The quantitative estimate of drug-likeness (QED) is 0.139. The van der Waals surface area contributed by atoms with Crippen molar-refractivity contribution in [3.63, 3.8) is 0 Å². The summed E-state index contributed by atoms with van der Waals surface area (Å²) < 4.78 is 6.50. The number of aromatic carboxylic acids is 1. The van der Waals surface area contributed by atoms with E-state index in [4.69, 9.17) is 4.74 Å². The van der Waals surface area contributed by atoms with Gasteiger partial charge in [0.2, 0.25) is 0 Å². The van der Waals surface area contributed by atoms with E-state index < -0.39 is 23.7 Å². The Bertz CT molecular complexity index is 1880. The lowest BCUT2D eigenvalue weighted by Crippen LogP contribution is -2.29. The summed E-state index contributed by atoms with van der Waals surface area (Å²) in [5.74, 6) is -2.53. The number of amides is 1. The van der Waals surface area contributed by atoms with Crippen molar-refractivity contribution in [2.45, 2.75) is 19.6 Å². The molecule has 0 spiro atoms. The summed E-state index contributed by atoms with van der Waals surface area (Å²) in [4.78, 5) is 48.4. The van der Waals surface area contributed by atoms with Crippen LogP contribution in [0.1, 0.15) is 38.7 Å². The smallest absolute Gasteiger partial charge is 0.335 e. The molecule has 1 saturated heterocycles. The van der Waals surface area contributed by atoms with Gasteiger partial charge >= 0.3 is 11.9 Å². The molecule has 1 unspecified atom stereocenters. The number of pyridine rings is 1. The second-order valence-electron chi connectivity index (χ2n) is 9.69. The molecule has 208 valence electrons. The van der Waals surface area contributed by atoms with Crippen LogP contribution >= 0.6 is 11.3 Å². The van der Waals surface area contributed by atoms with Crippen LogP contribution in [-0.4, -0.2) is 37.8 Å². The molecule has 1 aliphatic heterocycles. The molecule has 0 radical (unpaired) electrons. The second kappa shape index (κ2) is 10.9. The summed E-state index contributed by atoms with van der Waals surface area (Å²) in [7, 11) is 0.